The molecule has 16 heavy (non-hydrogen) atoms. The molecule has 3 N–H and O–H groups in total. The fourth-order valence-electron chi connectivity index (χ4n) is 1.19. The molecule has 4 nitrogen and oxygen atoms in total. The molecule has 0 radical (unpaired) electrons. The van der Waals surface area contributed by atoms with Crippen LogP contribution in [0.2, 0.25) is 5.02 Å². The molecule has 0 saturated carbocycles. The highest BCUT2D eigenvalue weighted by Crippen LogP contribution is 2.24. The molecule has 0 spiro atoms. The zero-order chi connectivity index (χ0) is 12.1. The van der Waals surface area contributed by atoms with Crippen molar-refractivity contribution in [3.05, 3.63) is 23.2 Å². The molecule has 88 valence electrons. The molecule has 1 aromatic carbocycles. The highest BCUT2D eigenvalue weighted by atomic mass is 35.5. The third-order valence-corrected chi connectivity index (χ3v) is 2.35. The molecule has 1 unspecified atom stereocenters. The first kappa shape index (κ1) is 12.8. The first-order chi connectivity index (χ1) is 7.54. The maximum absolute atomic E-state index is 11.6. The SMILES string of the molecule is CCOC(C)C(=O)Nc1ccc(N)cc1Cl. The number of anilines is 2. The number of halogens is 1. The second kappa shape index (κ2) is 5.72. The lowest BCUT2D eigenvalue weighted by Crippen LogP contribution is -2.27. The van der Waals surface area contributed by atoms with E-state index in [0.717, 1.165) is 0 Å². The monoisotopic (exact) mass is 242 g/mol. The lowest BCUT2D eigenvalue weighted by molar-refractivity contribution is -0.126. The predicted molar refractivity (Wildman–Crippen MR) is 65.6 cm³/mol. The van der Waals surface area contributed by atoms with Crippen LogP contribution >= 0.6 is 11.6 Å². The Kier molecular flexibility index (Phi) is 4.58. The molecule has 0 aliphatic carbocycles. The van der Waals surface area contributed by atoms with Crippen LogP contribution in [0.3, 0.4) is 0 Å². The molecular weight excluding hydrogens is 228 g/mol. The summed E-state index contributed by atoms with van der Waals surface area (Å²) in [6, 6.07) is 4.92. The number of nitrogens with two attached hydrogens (primary N) is 1. The first-order valence-electron chi connectivity index (χ1n) is 5.02. The van der Waals surface area contributed by atoms with Gasteiger partial charge in [-0.25, -0.2) is 0 Å². The molecule has 0 heterocycles. The van der Waals surface area contributed by atoms with Crippen LogP contribution in [0.5, 0.6) is 0 Å². The second-order valence-electron chi connectivity index (χ2n) is 3.33. The molecule has 1 amide bonds. The number of nitrogens with one attached hydrogen (secondary N) is 1. The van der Waals surface area contributed by atoms with Gasteiger partial charge in [0.25, 0.3) is 5.91 Å². The van der Waals surface area contributed by atoms with Crippen LogP contribution in [0.4, 0.5) is 11.4 Å². The van der Waals surface area contributed by atoms with E-state index in [1.807, 2.05) is 6.92 Å². The molecule has 0 aliphatic heterocycles. The van der Waals surface area contributed by atoms with Crippen molar-refractivity contribution in [2.24, 2.45) is 0 Å². The Labute approximate surface area is 99.7 Å². The van der Waals surface area contributed by atoms with Gasteiger partial charge < -0.3 is 15.8 Å². The Bertz CT molecular complexity index is 382. The number of hydrogen-bond donors (Lipinski definition) is 2. The van der Waals surface area contributed by atoms with Gasteiger partial charge in [0.2, 0.25) is 0 Å². The molecule has 0 aliphatic rings. The summed E-state index contributed by atoms with van der Waals surface area (Å²) in [5.41, 5.74) is 6.63. The molecule has 1 atom stereocenters. The number of carbonyl (C=O) groups excluding carboxylic acids is 1. The summed E-state index contributed by atoms with van der Waals surface area (Å²) in [5.74, 6) is -0.228. The van der Waals surface area contributed by atoms with Crippen LogP contribution < -0.4 is 11.1 Å². The van der Waals surface area contributed by atoms with E-state index in [1.54, 1.807) is 25.1 Å². The van der Waals surface area contributed by atoms with Gasteiger partial charge in [0, 0.05) is 12.3 Å². The lowest BCUT2D eigenvalue weighted by atomic mass is 10.2. The summed E-state index contributed by atoms with van der Waals surface area (Å²) in [7, 11) is 0. The first-order valence-corrected chi connectivity index (χ1v) is 5.40. The standard InChI is InChI=1S/C11H15ClN2O2/c1-3-16-7(2)11(15)14-10-5-4-8(13)6-9(10)12/h4-7H,3,13H2,1-2H3,(H,14,15). The van der Waals surface area contributed by atoms with Crippen LogP contribution in [0.25, 0.3) is 0 Å². The minimum atomic E-state index is -0.501. The van der Waals surface area contributed by atoms with Crippen molar-refractivity contribution < 1.29 is 9.53 Å². The summed E-state index contributed by atoms with van der Waals surface area (Å²) in [6.45, 7) is 4.01. The largest absolute Gasteiger partial charge is 0.399 e. The van der Waals surface area contributed by atoms with Gasteiger partial charge in [0.1, 0.15) is 6.10 Å². The fourth-order valence-corrected chi connectivity index (χ4v) is 1.43. The molecular formula is C11H15ClN2O2. The number of rotatable bonds is 4. The van der Waals surface area contributed by atoms with E-state index in [2.05, 4.69) is 5.32 Å². The van der Waals surface area contributed by atoms with Crippen molar-refractivity contribution in [3.8, 4) is 0 Å². The summed E-state index contributed by atoms with van der Waals surface area (Å²) < 4.78 is 5.16. The molecule has 0 saturated heterocycles. The molecule has 1 aromatic rings. The van der Waals surface area contributed by atoms with E-state index in [1.165, 1.54) is 0 Å². The van der Waals surface area contributed by atoms with Gasteiger partial charge in [-0.05, 0) is 32.0 Å². The highest BCUT2D eigenvalue weighted by molar-refractivity contribution is 6.34. The van der Waals surface area contributed by atoms with Crippen LogP contribution in [0, 0.1) is 0 Å². The third-order valence-electron chi connectivity index (χ3n) is 2.04. The summed E-state index contributed by atoms with van der Waals surface area (Å²) in [5, 5.41) is 3.08. The van der Waals surface area contributed by atoms with Gasteiger partial charge in [-0.2, -0.15) is 0 Å². The Hall–Kier alpha value is -1.26. The van der Waals surface area contributed by atoms with Crippen LogP contribution in [-0.4, -0.2) is 18.6 Å². The van der Waals surface area contributed by atoms with Crippen LogP contribution in [0.1, 0.15) is 13.8 Å². The normalized spacial score (nSPS) is 12.2. The Morgan fingerprint density at radius 2 is 2.31 bits per heavy atom. The molecule has 0 aromatic heterocycles. The van der Waals surface area contributed by atoms with E-state index in [4.69, 9.17) is 22.1 Å². The average molecular weight is 243 g/mol. The number of carbonyl (C=O) groups is 1. The Morgan fingerprint density at radius 1 is 1.62 bits per heavy atom. The number of nitrogen functional groups attached to an aromatic ring is 1. The predicted octanol–water partition coefficient (Wildman–Crippen LogP) is 2.29. The maximum atomic E-state index is 11.6. The molecule has 0 bridgehead atoms. The molecule has 0 fully saturated rings. The van der Waals surface area contributed by atoms with Crippen LogP contribution in [-0.2, 0) is 9.53 Å². The quantitative estimate of drug-likeness (QED) is 0.797. The van der Waals surface area contributed by atoms with Gasteiger partial charge in [-0.3, -0.25) is 4.79 Å². The summed E-state index contributed by atoms with van der Waals surface area (Å²) in [4.78, 5) is 11.6. The number of ether oxygens (including phenoxy) is 1. The molecule has 5 heteroatoms. The summed E-state index contributed by atoms with van der Waals surface area (Å²) >= 11 is 5.92. The maximum Gasteiger partial charge on any atom is 0.253 e. The van der Waals surface area contributed by atoms with E-state index in [9.17, 15) is 4.79 Å². The zero-order valence-corrected chi connectivity index (χ0v) is 10.0. The van der Waals surface area contributed by atoms with Crippen molar-refractivity contribution in [3.63, 3.8) is 0 Å². The van der Waals surface area contributed by atoms with Crippen molar-refractivity contribution in [1.82, 2.24) is 0 Å². The van der Waals surface area contributed by atoms with E-state index >= 15 is 0 Å². The van der Waals surface area contributed by atoms with Crippen molar-refractivity contribution in [1.29, 1.82) is 0 Å². The van der Waals surface area contributed by atoms with E-state index < -0.39 is 6.10 Å². The highest BCUT2D eigenvalue weighted by Gasteiger charge is 2.13. The van der Waals surface area contributed by atoms with Crippen molar-refractivity contribution >= 4 is 28.9 Å². The van der Waals surface area contributed by atoms with Gasteiger partial charge >= 0.3 is 0 Å². The number of benzene rings is 1. The van der Waals surface area contributed by atoms with E-state index in [-0.39, 0.29) is 5.91 Å². The second-order valence-corrected chi connectivity index (χ2v) is 3.73. The van der Waals surface area contributed by atoms with E-state index in [0.29, 0.717) is 23.0 Å². The Morgan fingerprint density at radius 3 is 2.88 bits per heavy atom. The van der Waals surface area contributed by atoms with Crippen molar-refractivity contribution in [2.75, 3.05) is 17.7 Å². The smallest absolute Gasteiger partial charge is 0.253 e. The van der Waals surface area contributed by atoms with Gasteiger partial charge in [-0.15, -0.1) is 0 Å². The lowest BCUT2D eigenvalue weighted by Gasteiger charge is -2.13. The number of amides is 1. The van der Waals surface area contributed by atoms with Crippen molar-refractivity contribution in [2.45, 2.75) is 20.0 Å². The van der Waals surface area contributed by atoms with Gasteiger partial charge in [0.05, 0.1) is 10.7 Å². The van der Waals surface area contributed by atoms with Crippen LogP contribution in [0.15, 0.2) is 18.2 Å². The third kappa shape index (κ3) is 3.40. The zero-order valence-electron chi connectivity index (χ0n) is 9.29. The minimum Gasteiger partial charge on any atom is -0.399 e. The minimum absolute atomic E-state index is 0.228. The molecule has 1 rings (SSSR count). The van der Waals surface area contributed by atoms with Gasteiger partial charge in [0.15, 0.2) is 0 Å². The average Bonchev–Trinajstić information content (AvgIpc) is 2.22. The summed E-state index contributed by atoms with van der Waals surface area (Å²) in [6.07, 6.45) is -0.501. The van der Waals surface area contributed by atoms with Gasteiger partial charge in [-0.1, -0.05) is 11.6 Å². The Balaban J connectivity index is 2.69. The number of hydrogen-bond acceptors (Lipinski definition) is 3. The topological polar surface area (TPSA) is 64.3 Å². The fraction of sp³-hybridized carbons (Fsp3) is 0.364.